The Labute approximate surface area is 166 Å². The van der Waals surface area contributed by atoms with Crippen LogP contribution in [0.3, 0.4) is 0 Å². The number of piperidine rings is 1. The Bertz CT molecular complexity index is 1060. The fourth-order valence-electron chi connectivity index (χ4n) is 3.76. The first-order chi connectivity index (χ1) is 14.0. The van der Waals surface area contributed by atoms with E-state index in [0.717, 1.165) is 28.8 Å². The molecule has 0 spiro atoms. The maximum Gasteiger partial charge on any atom is 0.242 e. The number of H-pyrrole nitrogens is 1. The molecule has 2 amide bonds. The van der Waals surface area contributed by atoms with E-state index in [1.54, 1.807) is 18.2 Å². The molecular formula is C22H21F2N3O2. The number of carbonyl (C=O) groups excluding carboxylic acids is 2. The Morgan fingerprint density at radius 2 is 1.86 bits per heavy atom. The average molecular weight is 397 g/mol. The van der Waals surface area contributed by atoms with Gasteiger partial charge in [-0.3, -0.25) is 9.59 Å². The first-order valence-corrected chi connectivity index (χ1v) is 9.64. The smallest absolute Gasteiger partial charge is 0.242 e. The van der Waals surface area contributed by atoms with Gasteiger partial charge in [-0.25, -0.2) is 8.78 Å². The highest BCUT2D eigenvalue weighted by Gasteiger charge is 2.24. The Hall–Kier alpha value is -3.22. The molecule has 1 saturated heterocycles. The molecule has 1 aromatic heterocycles. The van der Waals surface area contributed by atoms with E-state index in [2.05, 4.69) is 15.6 Å². The predicted octanol–water partition coefficient (Wildman–Crippen LogP) is 3.44. The summed E-state index contributed by atoms with van der Waals surface area (Å²) in [6.07, 6.45) is 1.96. The summed E-state index contributed by atoms with van der Waals surface area (Å²) in [4.78, 5) is 27.5. The third-order valence-electron chi connectivity index (χ3n) is 5.22. The number of halogens is 2. The molecule has 0 radical (unpaired) electrons. The van der Waals surface area contributed by atoms with Crippen LogP contribution >= 0.6 is 0 Å². The molecule has 1 aliphatic heterocycles. The zero-order valence-electron chi connectivity index (χ0n) is 15.7. The number of aryl methyl sites for hydroxylation is 1. The van der Waals surface area contributed by atoms with Crippen LogP contribution in [0.1, 0.15) is 24.8 Å². The number of carbonyl (C=O) groups is 2. The molecule has 1 fully saturated rings. The van der Waals surface area contributed by atoms with Crippen molar-refractivity contribution < 1.29 is 18.4 Å². The molecule has 1 atom stereocenters. The molecule has 3 N–H and O–H groups in total. The van der Waals surface area contributed by atoms with Gasteiger partial charge in [0.05, 0.1) is 0 Å². The van der Waals surface area contributed by atoms with Crippen molar-refractivity contribution in [2.75, 3.05) is 6.54 Å². The second-order valence-electron chi connectivity index (χ2n) is 7.23. The molecule has 4 rings (SSSR count). The first-order valence-electron chi connectivity index (χ1n) is 9.64. The Morgan fingerprint density at radius 1 is 1.10 bits per heavy atom. The zero-order valence-corrected chi connectivity index (χ0v) is 15.7. The van der Waals surface area contributed by atoms with E-state index in [4.69, 9.17) is 0 Å². The third kappa shape index (κ3) is 4.13. The summed E-state index contributed by atoms with van der Waals surface area (Å²) in [5.41, 5.74) is 3.01. The number of benzene rings is 2. The molecule has 1 aliphatic rings. The lowest BCUT2D eigenvalue weighted by Crippen LogP contribution is -2.50. The number of hydrogen-bond donors (Lipinski definition) is 3. The maximum atomic E-state index is 13.8. The van der Waals surface area contributed by atoms with Crippen LogP contribution in [0.2, 0.25) is 0 Å². The summed E-state index contributed by atoms with van der Waals surface area (Å²) in [6.45, 7) is 0.632. The highest BCUT2D eigenvalue weighted by molar-refractivity contribution is 5.92. The van der Waals surface area contributed by atoms with Crippen molar-refractivity contribution in [1.29, 1.82) is 0 Å². The summed E-state index contributed by atoms with van der Waals surface area (Å²) in [5, 5.41) is 6.20. The number of hydrogen-bond acceptors (Lipinski definition) is 2. The normalized spacial score (nSPS) is 16.6. The van der Waals surface area contributed by atoms with E-state index in [-0.39, 0.29) is 29.9 Å². The summed E-state index contributed by atoms with van der Waals surface area (Å²) < 4.78 is 27.2. The van der Waals surface area contributed by atoms with Gasteiger partial charge in [0, 0.05) is 29.6 Å². The number of amides is 2. The van der Waals surface area contributed by atoms with E-state index in [0.29, 0.717) is 24.8 Å². The fraction of sp³-hybridized carbons (Fsp3) is 0.273. The summed E-state index contributed by atoms with van der Waals surface area (Å²) in [5.74, 6) is -1.11. The molecule has 2 heterocycles. The van der Waals surface area contributed by atoms with Crippen molar-refractivity contribution in [1.82, 2.24) is 15.6 Å². The minimum absolute atomic E-state index is 0.154. The van der Waals surface area contributed by atoms with Crippen molar-refractivity contribution in [3.05, 3.63) is 59.7 Å². The first kappa shape index (κ1) is 19.1. The number of rotatable bonds is 5. The minimum atomic E-state index is -0.506. The molecule has 0 aliphatic carbocycles. The van der Waals surface area contributed by atoms with E-state index < -0.39 is 6.04 Å². The number of aromatic nitrogens is 1. The second-order valence-corrected chi connectivity index (χ2v) is 7.23. The third-order valence-corrected chi connectivity index (χ3v) is 5.22. The van der Waals surface area contributed by atoms with Gasteiger partial charge in [0.1, 0.15) is 17.7 Å². The highest BCUT2D eigenvalue weighted by atomic mass is 19.1. The Balaban J connectivity index is 1.59. The van der Waals surface area contributed by atoms with Crippen molar-refractivity contribution in [2.24, 2.45) is 0 Å². The largest absolute Gasteiger partial charge is 0.354 e. The van der Waals surface area contributed by atoms with Gasteiger partial charge in [0.2, 0.25) is 11.8 Å². The van der Waals surface area contributed by atoms with E-state index >= 15 is 0 Å². The van der Waals surface area contributed by atoms with Gasteiger partial charge in [-0.15, -0.1) is 0 Å². The number of fused-ring (bicyclic) bond motifs is 1. The summed E-state index contributed by atoms with van der Waals surface area (Å²) >= 11 is 0. The van der Waals surface area contributed by atoms with Crippen LogP contribution in [-0.4, -0.2) is 29.4 Å². The van der Waals surface area contributed by atoms with Crippen LogP contribution in [0.25, 0.3) is 22.2 Å². The van der Waals surface area contributed by atoms with Crippen LogP contribution in [0.5, 0.6) is 0 Å². The molecule has 5 nitrogen and oxygen atoms in total. The van der Waals surface area contributed by atoms with Crippen LogP contribution in [-0.2, 0) is 16.0 Å². The van der Waals surface area contributed by atoms with Crippen LogP contribution in [0.4, 0.5) is 8.78 Å². The minimum Gasteiger partial charge on any atom is -0.354 e. The molecular weight excluding hydrogens is 376 g/mol. The standard InChI is InChI=1S/C22H21F2N3O2/c23-14-5-3-13(4-6-14)21-16(17-12-15(24)7-9-18(17)27-21)8-10-20(28)26-19-2-1-11-25-22(19)29/h3-7,9,12,19,27H,1-2,8,10-11H2,(H,25,29)(H,26,28). The zero-order chi connectivity index (χ0) is 20.4. The monoisotopic (exact) mass is 397 g/mol. The molecule has 7 heteroatoms. The Morgan fingerprint density at radius 3 is 2.62 bits per heavy atom. The lowest BCUT2D eigenvalue weighted by atomic mass is 10.0. The van der Waals surface area contributed by atoms with Gasteiger partial charge < -0.3 is 15.6 Å². The van der Waals surface area contributed by atoms with E-state index in [1.165, 1.54) is 24.3 Å². The van der Waals surface area contributed by atoms with Crippen LogP contribution < -0.4 is 10.6 Å². The van der Waals surface area contributed by atoms with E-state index in [9.17, 15) is 18.4 Å². The lowest BCUT2D eigenvalue weighted by Gasteiger charge is -2.22. The molecule has 2 aromatic carbocycles. The highest BCUT2D eigenvalue weighted by Crippen LogP contribution is 2.32. The number of nitrogens with one attached hydrogen (secondary N) is 3. The average Bonchev–Trinajstić information content (AvgIpc) is 3.06. The van der Waals surface area contributed by atoms with Gasteiger partial charge in [0.15, 0.2) is 0 Å². The van der Waals surface area contributed by atoms with Crippen LogP contribution in [0.15, 0.2) is 42.5 Å². The predicted molar refractivity (Wildman–Crippen MR) is 106 cm³/mol. The Kier molecular flexibility index (Phi) is 5.29. The van der Waals surface area contributed by atoms with Crippen molar-refractivity contribution >= 4 is 22.7 Å². The molecule has 150 valence electrons. The number of aromatic amines is 1. The van der Waals surface area contributed by atoms with Crippen molar-refractivity contribution in [2.45, 2.75) is 31.7 Å². The quantitative estimate of drug-likeness (QED) is 0.617. The maximum absolute atomic E-state index is 13.8. The second kappa shape index (κ2) is 8.03. The van der Waals surface area contributed by atoms with Gasteiger partial charge in [-0.1, -0.05) is 0 Å². The van der Waals surface area contributed by atoms with Gasteiger partial charge in [-0.2, -0.15) is 0 Å². The van der Waals surface area contributed by atoms with Crippen molar-refractivity contribution in [3.8, 4) is 11.3 Å². The molecule has 1 unspecified atom stereocenters. The van der Waals surface area contributed by atoms with Crippen LogP contribution in [0, 0.1) is 11.6 Å². The molecule has 0 bridgehead atoms. The summed E-state index contributed by atoms with van der Waals surface area (Å²) in [6, 6.07) is 9.95. The lowest BCUT2D eigenvalue weighted by molar-refractivity contribution is -0.130. The topological polar surface area (TPSA) is 74.0 Å². The van der Waals surface area contributed by atoms with Gasteiger partial charge >= 0.3 is 0 Å². The van der Waals surface area contributed by atoms with Gasteiger partial charge in [-0.05, 0) is 72.9 Å². The van der Waals surface area contributed by atoms with E-state index in [1.807, 2.05) is 0 Å². The molecule has 29 heavy (non-hydrogen) atoms. The SMILES string of the molecule is O=C(CCc1c(-c2ccc(F)cc2)[nH]c2ccc(F)cc12)NC1CCCNC1=O. The fourth-order valence-corrected chi connectivity index (χ4v) is 3.76. The molecule has 3 aromatic rings. The summed E-state index contributed by atoms with van der Waals surface area (Å²) in [7, 11) is 0. The van der Waals surface area contributed by atoms with Gasteiger partial charge in [0.25, 0.3) is 0 Å². The molecule has 0 saturated carbocycles. The van der Waals surface area contributed by atoms with Crippen molar-refractivity contribution in [3.63, 3.8) is 0 Å².